The Bertz CT molecular complexity index is 1170. The number of ether oxygens (including phenoxy) is 2. The minimum atomic E-state index is -0.642. The maximum Gasteiger partial charge on any atom is 0.243 e. The van der Waals surface area contributed by atoms with Crippen molar-refractivity contribution in [2.45, 2.75) is 63.6 Å². The van der Waals surface area contributed by atoms with E-state index in [1.807, 2.05) is 78.9 Å². The minimum Gasteiger partial charge on any atom is -0.497 e. The van der Waals surface area contributed by atoms with Crippen LogP contribution < -0.4 is 14.8 Å². The average molecular weight is 515 g/mol. The number of amides is 2. The standard InChI is InChI=1S/C32H38N2O4/c1-37-28-18-16-25(17-19-28)22-31(35)34(23-26-12-9-15-29(20-26)38-2)30(21-24-10-5-3-6-11-24)32(36)33-27-13-7-4-8-14-27/h3,5-6,9-12,15-20,27,30H,4,7-8,13-14,21-23H2,1-2H3,(H,33,36)/t30-/m0/s1. The third kappa shape index (κ3) is 7.60. The molecule has 1 saturated carbocycles. The Hall–Kier alpha value is -3.80. The summed E-state index contributed by atoms with van der Waals surface area (Å²) in [6.07, 6.45) is 6.06. The molecule has 1 N–H and O–H groups in total. The van der Waals surface area contributed by atoms with Crippen molar-refractivity contribution in [3.8, 4) is 11.5 Å². The topological polar surface area (TPSA) is 67.9 Å². The molecule has 38 heavy (non-hydrogen) atoms. The Morgan fingerprint density at radius 1 is 0.816 bits per heavy atom. The molecular formula is C32H38N2O4. The van der Waals surface area contributed by atoms with E-state index in [0.29, 0.717) is 13.0 Å². The first-order valence-electron chi connectivity index (χ1n) is 13.5. The number of carbonyl (C=O) groups excluding carboxylic acids is 2. The number of nitrogens with one attached hydrogen (secondary N) is 1. The highest BCUT2D eigenvalue weighted by atomic mass is 16.5. The van der Waals surface area contributed by atoms with Crippen molar-refractivity contribution in [1.29, 1.82) is 0 Å². The van der Waals surface area contributed by atoms with Crippen LogP contribution in [0, 0.1) is 0 Å². The molecule has 4 rings (SSSR count). The van der Waals surface area contributed by atoms with Crippen LogP contribution in [0.1, 0.15) is 48.8 Å². The second-order valence-corrected chi connectivity index (χ2v) is 9.95. The highest BCUT2D eigenvalue weighted by molar-refractivity contribution is 5.89. The van der Waals surface area contributed by atoms with Gasteiger partial charge in [-0.3, -0.25) is 9.59 Å². The van der Waals surface area contributed by atoms with E-state index in [1.165, 1.54) is 6.42 Å². The molecule has 1 fully saturated rings. The number of hydrogen-bond acceptors (Lipinski definition) is 4. The first kappa shape index (κ1) is 27.2. The maximum atomic E-state index is 13.9. The molecule has 0 radical (unpaired) electrons. The second kappa shape index (κ2) is 13.7. The number of benzene rings is 3. The summed E-state index contributed by atoms with van der Waals surface area (Å²) in [6.45, 7) is 0.307. The van der Waals surface area contributed by atoms with E-state index in [-0.39, 0.29) is 24.3 Å². The fourth-order valence-electron chi connectivity index (χ4n) is 5.09. The Morgan fingerprint density at radius 2 is 1.50 bits per heavy atom. The molecule has 0 unspecified atom stereocenters. The summed E-state index contributed by atoms with van der Waals surface area (Å²) < 4.78 is 10.7. The molecule has 1 aliphatic rings. The van der Waals surface area contributed by atoms with Gasteiger partial charge in [-0.15, -0.1) is 0 Å². The summed E-state index contributed by atoms with van der Waals surface area (Å²) >= 11 is 0. The molecule has 3 aromatic carbocycles. The van der Waals surface area contributed by atoms with Crippen LogP contribution in [-0.4, -0.2) is 43.0 Å². The zero-order valence-corrected chi connectivity index (χ0v) is 22.4. The van der Waals surface area contributed by atoms with Gasteiger partial charge in [0.25, 0.3) is 0 Å². The van der Waals surface area contributed by atoms with Gasteiger partial charge in [0.15, 0.2) is 0 Å². The van der Waals surface area contributed by atoms with Crippen LogP contribution in [0.2, 0.25) is 0 Å². The van der Waals surface area contributed by atoms with E-state index >= 15 is 0 Å². The Balaban J connectivity index is 1.65. The predicted octanol–water partition coefficient (Wildman–Crippen LogP) is 5.34. The summed E-state index contributed by atoms with van der Waals surface area (Å²) in [5.74, 6) is 1.27. The molecule has 6 nitrogen and oxygen atoms in total. The number of nitrogens with zero attached hydrogens (tertiary/aromatic N) is 1. The van der Waals surface area contributed by atoms with Crippen molar-refractivity contribution in [2.24, 2.45) is 0 Å². The van der Waals surface area contributed by atoms with Gasteiger partial charge in [0.2, 0.25) is 11.8 Å². The lowest BCUT2D eigenvalue weighted by Crippen LogP contribution is -2.53. The minimum absolute atomic E-state index is 0.0910. The van der Waals surface area contributed by atoms with E-state index in [2.05, 4.69) is 5.32 Å². The summed E-state index contributed by atoms with van der Waals surface area (Å²) in [7, 11) is 3.25. The molecule has 2 amide bonds. The van der Waals surface area contributed by atoms with Gasteiger partial charge in [0, 0.05) is 19.0 Å². The number of methoxy groups -OCH3 is 2. The van der Waals surface area contributed by atoms with Crippen molar-refractivity contribution in [3.63, 3.8) is 0 Å². The zero-order valence-electron chi connectivity index (χ0n) is 22.4. The molecule has 0 spiro atoms. The first-order valence-corrected chi connectivity index (χ1v) is 13.5. The largest absolute Gasteiger partial charge is 0.497 e. The summed E-state index contributed by atoms with van der Waals surface area (Å²) in [6, 6.07) is 24.6. The Morgan fingerprint density at radius 3 is 2.18 bits per heavy atom. The lowest BCUT2D eigenvalue weighted by Gasteiger charge is -2.33. The van der Waals surface area contributed by atoms with Crippen LogP contribution in [0.25, 0.3) is 0 Å². The first-order chi connectivity index (χ1) is 18.6. The lowest BCUT2D eigenvalue weighted by atomic mass is 9.94. The summed E-state index contributed by atoms with van der Waals surface area (Å²) in [5.41, 5.74) is 2.80. The predicted molar refractivity (Wildman–Crippen MR) is 149 cm³/mol. The Labute approximate surface area is 226 Å². The third-order valence-corrected chi connectivity index (χ3v) is 7.22. The van der Waals surface area contributed by atoms with Gasteiger partial charge in [-0.1, -0.05) is 73.9 Å². The van der Waals surface area contributed by atoms with Gasteiger partial charge >= 0.3 is 0 Å². The van der Waals surface area contributed by atoms with Crippen LogP contribution in [0.5, 0.6) is 11.5 Å². The van der Waals surface area contributed by atoms with Gasteiger partial charge in [-0.05, 0) is 53.8 Å². The number of rotatable bonds is 11. The average Bonchev–Trinajstić information content (AvgIpc) is 2.96. The monoisotopic (exact) mass is 514 g/mol. The van der Waals surface area contributed by atoms with E-state index in [4.69, 9.17) is 9.47 Å². The molecule has 0 aliphatic heterocycles. The van der Waals surface area contributed by atoms with Crippen molar-refractivity contribution in [3.05, 3.63) is 95.6 Å². The highest BCUT2D eigenvalue weighted by Crippen LogP contribution is 2.22. The van der Waals surface area contributed by atoms with Crippen LogP contribution >= 0.6 is 0 Å². The van der Waals surface area contributed by atoms with Crippen LogP contribution in [-0.2, 0) is 29.0 Å². The molecule has 6 heteroatoms. The number of carbonyl (C=O) groups is 2. The lowest BCUT2D eigenvalue weighted by molar-refractivity contribution is -0.141. The van der Waals surface area contributed by atoms with E-state index in [0.717, 1.165) is 53.9 Å². The fraction of sp³-hybridized carbons (Fsp3) is 0.375. The molecule has 3 aromatic rings. The SMILES string of the molecule is COc1ccc(CC(=O)N(Cc2cccc(OC)c2)[C@@H](Cc2ccccc2)C(=O)NC2CCCCC2)cc1. The van der Waals surface area contributed by atoms with Gasteiger partial charge in [0.1, 0.15) is 17.5 Å². The fourth-order valence-corrected chi connectivity index (χ4v) is 5.09. The maximum absolute atomic E-state index is 13.9. The molecule has 1 atom stereocenters. The molecular weight excluding hydrogens is 476 g/mol. The van der Waals surface area contributed by atoms with Gasteiger partial charge in [0.05, 0.1) is 20.6 Å². The van der Waals surface area contributed by atoms with Crippen molar-refractivity contribution < 1.29 is 19.1 Å². The molecule has 0 saturated heterocycles. The number of hydrogen-bond donors (Lipinski definition) is 1. The summed E-state index contributed by atoms with van der Waals surface area (Å²) in [5, 5.41) is 3.29. The second-order valence-electron chi connectivity index (χ2n) is 9.95. The van der Waals surface area contributed by atoms with Crippen molar-refractivity contribution in [1.82, 2.24) is 10.2 Å². The molecule has 0 heterocycles. The van der Waals surface area contributed by atoms with E-state index < -0.39 is 6.04 Å². The summed E-state index contributed by atoms with van der Waals surface area (Å²) in [4.78, 5) is 29.5. The van der Waals surface area contributed by atoms with E-state index in [1.54, 1.807) is 19.1 Å². The van der Waals surface area contributed by atoms with Crippen LogP contribution in [0.15, 0.2) is 78.9 Å². The Kier molecular flexibility index (Phi) is 9.79. The molecule has 0 aromatic heterocycles. The normalized spacial score (nSPS) is 14.4. The van der Waals surface area contributed by atoms with Gasteiger partial charge in [-0.2, -0.15) is 0 Å². The zero-order chi connectivity index (χ0) is 26.7. The van der Waals surface area contributed by atoms with Gasteiger partial charge < -0.3 is 19.7 Å². The van der Waals surface area contributed by atoms with Crippen molar-refractivity contribution in [2.75, 3.05) is 14.2 Å². The molecule has 0 bridgehead atoms. The molecule has 200 valence electrons. The highest BCUT2D eigenvalue weighted by Gasteiger charge is 2.32. The smallest absolute Gasteiger partial charge is 0.243 e. The van der Waals surface area contributed by atoms with Gasteiger partial charge in [-0.25, -0.2) is 0 Å². The van der Waals surface area contributed by atoms with Crippen LogP contribution in [0.3, 0.4) is 0 Å². The van der Waals surface area contributed by atoms with Crippen molar-refractivity contribution >= 4 is 11.8 Å². The van der Waals surface area contributed by atoms with E-state index in [9.17, 15) is 9.59 Å². The quantitative estimate of drug-likeness (QED) is 0.375. The molecule has 1 aliphatic carbocycles. The van der Waals surface area contributed by atoms with Crippen LogP contribution in [0.4, 0.5) is 0 Å². The third-order valence-electron chi connectivity index (χ3n) is 7.22.